The normalized spacial score (nSPS) is 10.8. The third kappa shape index (κ3) is 5.46. The highest BCUT2D eigenvalue weighted by Crippen LogP contribution is 2.19. The summed E-state index contributed by atoms with van der Waals surface area (Å²) in [6, 6.07) is 12.7. The molecule has 2 aromatic heterocycles. The second-order valence-electron chi connectivity index (χ2n) is 9.28. The summed E-state index contributed by atoms with van der Waals surface area (Å²) in [6.07, 6.45) is 0. The molecule has 0 radical (unpaired) electrons. The van der Waals surface area contributed by atoms with E-state index in [-0.39, 0.29) is 27.9 Å². The van der Waals surface area contributed by atoms with Crippen LogP contribution in [0.15, 0.2) is 58.1 Å². The smallest absolute Gasteiger partial charge is 0.478 e. The van der Waals surface area contributed by atoms with Crippen molar-refractivity contribution in [2.24, 2.45) is 28.2 Å². The third-order valence-electron chi connectivity index (χ3n) is 6.92. The molecule has 2 aromatic carbocycles. The number of rotatable bonds is 12. The molecule has 0 saturated carbocycles. The van der Waals surface area contributed by atoms with Crippen LogP contribution < -0.4 is 20.9 Å². The van der Waals surface area contributed by atoms with Gasteiger partial charge in [0.05, 0.1) is 25.6 Å². The fraction of sp³-hybridized carbons (Fsp3) is 0.286. The molecule has 0 N–H and O–H groups in total. The third-order valence-corrected chi connectivity index (χ3v) is 6.92. The molecule has 0 atom stereocenters. The molecule has 0 aliphatic carbocycles. The number of ether oxygens (including phenoxy) is 2. The summed E-state index contributed by atoms with van der Waals surface area (Å²) in [4.78, 5) is 74.7. The molecule has 0 amide bonds. The molecule has 0 aliphatic rings. The van der Waals surface area contributed by atoms with Crippen LogP contribution in [0.25, 0.3) is 0 Å². The Morgan fingerprint density at radius 3 is 1.26 bits per heavy atom. The zero-order valence-corrected chi connectivity index (χ0v) is 23.9. The molecule has 0 saturated heterocycles. The molecule has 0 aliphatic heterocycles. The van der Waals surface area contributed by atoms with Crippen LogP contribution in [-0.2, 0) is 51.1 Å². The molecule has 0 bridgehead atoms. The Morgan fingerprint density at radius 1 is 0.619 bits per heavy atom. The SMILES string of the molecule is COc1ccc(C(=O)c2c(CO[N+](=O)OCc3c(C(=O)c4ccc(OC)cc4)n(C)c(=O)n3C)n(C)c(=O)n2C)cc1. The molecular weight excluding hydrogens is 550 g/mol. The monoisotopic (exact) mass is 580 g/mol. The van der Waals surface area contributed by atoms with E-state index in [1.54, 1.807) is 48.5 Å². The summed E-state index contributed by atoms with van der Waals surface area (Å²) < 4.78 is 15.0. The van der Waals surface area contributed by atoms with E-state index in [2.05, 4.69) is 0 Å². The summed E-state index contributed by atoms with van der Waals surface area (Å²) in [5.74, 6) is 0.188. The first-order chi connectivity index (χ1) is 20.0. The molecule has 0 spiro atoms. The van der Waals surface area contributed by atoms with Gasteiger partial charge >= 0.3 is 16.5 Å². The van der Waals surface area contributed by atoms with Crippen molar-refractivity contribution < 1.29 is 33.8 Å². The minimum absolute atomic E-state index is 0.0268. The van der Waals surface area contributed by atoms with E-state index < -0.39 is 36.2 Å². The van der Waals surface area contributed by atoms with E-state index in [9.17, 15) is 24.1 Å². The molecule has 14 nitrogen and oxygen atoms in total. The van der Waals surface area contributed by atoms with Crippen LogP contribution in [0.1, 0.15) is 43.5 Å². The van der Waals surface area contributed by atoms with Gasteiger partial charge in [-0.15, -0.1) is 0 Å². The first kappa shape index (κ1) is 29.6. The first-order valence-corrected chi connectivity index (χ1v) is 12.6. The Balaban J connectivity index is 1.52. The van der Waals surface area contributed by atoms with Crippen LogP contribution in [0.5, 0.6) is 11.5 Å². The quantitative estimate of drug-likeness (QED) is 0.180. The van der Waals surface area contributed by atoms with Gasteiger partial charge in [0.2, 0.25) is 24.8 Å². The Labute approximate surface area is 239 Å². The van der Waals surface area contributed by atoms with Gasteiger partial charge in [-0.1, -0.05) is 0 Å². The van der Waals surface area contributed by atoms with Gasteiger partial charge in [0.1, 0.15) is 27.8 Å². The van der Waals surface area contributed by atoms with Crippen molar-refractivity contribution in [3.8, 4) is 11.5 Å². The van der Waals surface area contributed by atoms with Gasteiger partial charge in [-0.2, -0.15) is 9.68 Å². The summed E-state index contributed by atoms with van der Waals surface area (Å²) in [7, 11) is 8.76. The zero-order chi connectivity index (χ0) is 30.7. The fourth-order valence-electron chi connectivity index (χ4n) is 4.50. The second kappa shape index (κ2) is 12.0. The standard InChI is InChI=1S/C28H30N5O9/c1-29-21(23(31(3)27(29)36)25(34)17-7-11-19(39-5)12-8-17)15-41-33(38)42-16-22-24(32(4)28(37)30(22)2)26(35)18-9-13-20(40-6)14-10-18/h7-14H,15-16H2,1-6H3/q+1. The molecule has 42 heavy (non-hydrogen) atoms. The summed E-state index contributed by atoms with van der Waals surface area (Å²) >= 11 is 0. The highest BCUT2D eigenvalue weighted by molar-refractivity contribution is 6.09. The Morgan fingerprint density at radius 2 is 0.952 bits per heavy atom. The van der Waals surface area contributed by atoms with Crippen LogP contribution in [0.3, 0.4) is 0 Å². The van der Waals surface area contributed by atoms with Gasteiger partial charge in [0.15, 0.2) is 0 Å². The van der Waals surface area contributed by atoms with E-state index in [4.69, 9.17) is 19.1 Å². The van der Waals surface area contributed by atoms with Gasteiger partial charge in [-0.05, 0) is 48.5 Å². The predicted octanol–water partition coefficient (Wildman–Crippen LogP) is 1.58. The minimum atomic E-state index is -0.496. The van der Waals surface area contributed by atoms with Crippen molar-refractivity contribution in [2.75, 3.05) is 14.2 Å². The Kier molecular flexibility index (Phi) is 8.45. The first-order valence-electron chi connectivity index (χ1n) is 12.6. The number of hydrogen-bond donors (Lipinski definition) is 0. The van der Waals surface area contributed by atoms with Crippen LogP contribution in [-0.4, -0.2) is 49.1 Å². The number of nitrogens with zero attached hydrogens (tertiary/aromatic N) is 5. The maximum atomic E-state index is 13.3. The fourth-order valence-corrected chi connectivity index (χ4v) is 4.50. The lowest BCUT2D eigenvalue weighted by atomic mass is 10.1. The molecule has 2 heterocycles. The molecule has 0 unspecified atom stereocenters. The van der Waals surface area contributed by atoms with E-state index in [1.807, 2.05) is 0 Å². The zero-order valence-electron chi connectivity index (χ0n) is 23.9. The number of carbonyl (C=O) groups is 2. The average molecular weight is 581 g/mol. The van der Waals surface area contributed by atoms with Gasteiger partial charge in [-0.3, -0.25) is 27.9 Å². The number of carbonyl (C=O) groups excluding carboxylic acids is 2. The minimum Gasteiger partial charge on any atom is -0.497 e. The predicted molar refractivity (Wildman–Crippen MR) is 147 cm³/mol. The average Bonchev–Trinajstić information content (AvgIpc) is 3.36. The van der Waals surface area contributed by atoms with Crippen molar-refractivity contribution in [2.45, 2.75) is 13.2 Å². The summed E-state index contributed by atoms with van der Waals surface area (Å²) in [6.45, 7) is -0.975. The van der Waals surface area contributed by atoms with Crippen LogP contribution >= 0.6 is 0 Å². The van der Waals surface area contributed by atoms with Gasteiger partial charge < -0.3 is 9.47 Å². The second-order valence-corrected chi connectivity index (χ2v) is 9.28. The molecule has 4 rings (SSSR count). The lowest BCUT2D eigenvalue weighted by molar-refractivity contribution is -0.988. The van der Waals surface area contributed by atoms with Crippen molar-refractivity contribution >= 4 is 11.6 Å². The van der Waals surface area contributed by atoms with Gasteiger partial charge in [0.25, 0.3) is 0 Å². The highest BCUT2D eigenvalue weighted by atomic mass is 17.0. The summed E-state index contributed by atoms with van der Waals surface area (Å²) in [5.41, 5.74) is -0.0713. The Bertz CT molecular complexity index is 1640. The highest BCUT2D eigenvalue weighted by Gasteiger charge is 2.29. The molecule has 14 heteroatoms. The van der Waals surface area contributed by atoms with E-state index in [1.165, 1.54) is 51.5 Å². The van der Waals surface area contributed by atoms with Crippen LogP contribution in [0.4, 0.5) is 0 Å². The lowest BCUT2D eigenvalue weighted by Crippen LogP contribution is -2.22. The number of imidazole rings is 2. The van der Waals surface area contributed by atoms with Crippen LogP contribution in [0, 0.1) is 4.91 Å². The van der Waals surface area contributed by atoms with E-state index in [0.717, 1.165) is 9.13 Å². The molecule has 4 aromatic rings. The van der Waals surface area contributed by atoms with E-state index in [0.29, 0.717) is 22.6 Å². The van der Waals surface area contributed by atoms with Crippen molar-refractivity contribution in [3.05, 3.63) is 108 Å². The number of methoxy groups -OCH3 is 2. The van der Waals surface area contributed by atoms with Crippen molar-refractivity contribution in [1.82, 2.24) is 18.3 Å². The number of aromatic nitrogens is 4. The maximum Gasteiger partial charge on any atom is 0.478 e. The summed E-state index contributed by atoms with van der Waals surface area (Å²) in [5, 5.41) is -0.196. The van der Waals surface area contributed by atoms with Gasteiger partial charge in [0, 0.05) is 39.3 Å². The van der Waals surface area contributed by atoms with Crippen molar-refractivity contribution in [1.29, 1.82) is 0 Å². The van der Waals surface area contributed by atoms with Crippen molar-refractivity contribution in [3.63, 3.8) is 0 Å². The maximum absolute atomic E-state index is 13.3. The van der Waals surface area contributed by atoms with E-state index >= 15 is 0 Å². The largest absolute Gasteiger partial charge is 0.497 e. The van der Waals surface area contributed by atoms with Crippen LogP contribution in [0.2, 0.25) is 0 Å². The Hall–Kier alpha value is -5.40. The topological polar surface area (TPSA) is 145 Å². The molecular formula is C28H30N5O9+. The van der Waals surface area contributed by atoms with Gasteiger partial charge in [-0.25, -0.2) is 9.59 Å². The number of benzene rings is 2. The number of hydrogen-bond acceptors (Lipinski definition) is 9. The lowest BCUT2D eigenvalue weighted by Gasteiger charge is -2.07. The molecule has 0 fully saturated rings. The molecule has 220 valence electrons. The number of ketones is 2.